The maximum atomic E-state index is 12.4. The SMILES string of the molecule is CC(=CC=C1C(=O)c2ccccc2C1=O)CC=C1C(=O)c2ccccc2C1=O. The zero-order chi connectivity index (χ0) is 19.8. The van der Waals surface area contributed by atoms with Crippen LogP contribution < -0.4 is 0 Å². The fraction of sp³-hybridized carbons (Fsp3) is 0.0833. The highest BCUT2D eigenvalue weighted by molar-refractivity contribution is 6.40. The van der Waals surface area contributed by atoms with Gasteiger partial charge in [0.25, 0.3) is 0 Å². The molecule has 136 valence electrons. The molecule has 0 unspecified atom stereocenters. The highest BCUT2D eigenvalue weighted by atomic mass is 16.2. The molecule has 0 saturated heterocycles. The summed E-state index contributed by atoms with van der Waals surface area (Å²) in [5.74, 6) is -1.08. The number of benzene rings is 2. The lowest BCUT2D eigenvalue weighted by molar-refractivity contribution is 0.0973. The standard InChI is InChI=1S/C24H16O4/c1-14(10-12-19-21(25)15-6-2-3-7-16(15)22(19)26)11-13-20-23(27)17-8-4-5-9-18(17)24(20)28/h2-10,12-13H,11H2,1H3. The highest BCUT2D eigenvalue weighted by Crippen LogP contribution is 2.28. The summed E-state index contributed by atoms with van der Waals surface area (Å²) < 4.78 is 0. The van der Waals surface area contributed by atoms with Crippen LogP contribution in [-0.4, -0.2) is 23.1 Å². The first kappa shape index (κ1) is 17.7. The van der Waals surface area contributed by atoms with Crippen LogP contribution in [0.1, 0.15) is 54.8 Å². The molecule has 4 nitrogen and oxygen atoms in total. The Kier molecular flexibility index (Phi) is 4.32. The first-order valence-electron chi connectivity index (χ1n) is 8.93. The molecule has 0 aromatic heterocycles. The van der Waals surface area contributed by atoms with Gasteiger partial charge in [-0.05, 0) is 19.4 Å². The molecule has 0 saturated carbocycles. The van der Waals surface area contributed by atoms with Gasteiger partial charge in [-0.15, -0.1) is 0 Å². The molecule has 0 aliphatic heterocycles. The third-order valence-corrected chi connectivity index (χ3v) is 4.97. The Labute approximate surface area is 161 Å². The largest absolute Gasteiger partial charge is 0.288 e. The molecule has 28 heavy (non-hydrogen) atoms. The molecule has 4 rings (SSSR count). The van der Waals surface area contributed by atoms with E-state index in [0.29, 0.717) is 28.7 Å². The normalized spacial score (nSPS) is 15.8. The number of Topliss-reactive ketones (excluding diaryl/α,β-unsaturated/α-hetero) is 4. The topological polar surface area (TPSA) is 68.3 Å². The van der Waals surface area contributed by atoms with E-state index in [0.717, 1.165) is 5.57 Å². The molecular weight excluding hydrogens is 352 g/mol. The molecule has 0 fully saturated rings. The number of carbonyl (C=O) groups excluding carboxylic acids is 4. The summed E-state index contributed by atoms with van der Waals surface area (Å²) in [4.78, 5) is 49.5. The van der Waals surface area contributed by atoms with Gasteiger partial charge in [0.15, 0.2) is 23.1 Å². The minimum absolute atomic E-state index is 0.133. The zero-order valence-electron chi connectivity index (χ0n) is 15.2. The van der Waals surface area contributed by atoms with Crippen molar-refractivity contribution in [2.75, 3.05) is 0 Å². The van der Waals surface area contributed by atoms with Gasteiger partial charge in [-0.3, -0.25) is 19.2 Å². The van der Waals surface area contributed by atoms with E-state index in [-0.39, 0.29) is 34.3 Å². The van der Waals surface area contributed by atoms with E-state index in [4.69, 9.17) is 0 Å². The van der Waals surface area contributed by atoms with Crippen LogP contribution in [0, 0.1) is 0 Å². The lowest BCUT2D eigenvalue weighted by Gasteiger charge is -1.97. The molecule has 0 heterocycles. The maximum absolute atomic E-state index is 12.4. The molecular formula is C24H16O4. The number of hydrogen-bond acceptors (Lipinski definition) is 4. The molecule has 2 aromatic carbocycles. The van der Waals surface area contributed by atoms with Crippen molar-refractivity contribution < 1.29 is 19.2 Å². The van der Waals surface area contributed by atoms with Crippen molar-refractivity contribution in [1.82, 2.24) is 0 Å². The van der Waals surface area contributed by atoms with E-state index >= 15 is 0 Å². The summed E-state index contributed by atoms with van der Waals surface area (Å²) in [5, 5.41) is 0. The van der Waals surface area contributed by atoms with Crippen molar-refractivity contribution in [2.24, 2.45) is 0 Å². The summed E-state index contributed by atoms with van der Waals surface area (Å²) >= 11 is 0. The Morgan fingerprint density at radius 3 is 1.50 bits per heavy atom. The zero-order valence-corrected chi connectivity index (χ0v) is 15.2. The second-order valence-electron chi connectivity index (χ2n) is 6.82. The minimum atomic E-state index is -0.278. The number of fused-ring (bicyclic) bond motifs is 2. The van der Waals surface area contributed by atoms with Crippen LogP contribution in [0.25, 0.3) is 0 Å². The van der Waals surface area contributed by atoms with E-state index in [9.17, 15) is 19.2 Å². The predicted octanol–water partition coefficient (Wildman–Crippen LogP) is 4.33. The number of allylic oxidation sites excluding steroid dienone is 6. The fourth-order valence-corrected chi connectivity index (χ4v) is 3.44. The van der Waals surface area contributed by atoms with Crippen molar-refractivity contribution in [3.05, 3.63) is 106 Å². The molecule has 0 atom stereocenters. The monoisotopic (exact) mass is 368 g/mol. The lowest BCUT2D eigenvalue weighted by Crippen LogP contribution is -2.01. The van der Waals surface area contributed by atoms with Gasteiger partial charge in [0.05, 0.1) is 11.1 Å². The molecule has 0 amide bonds. The summed E-state index contributed by atoms with van der Waals surface area (Å²) in [6.45, 7) is 1.82. The highest BCUT2D eigenvalue weighted by Gasteiger charge is 2.33. The second-order valence-corrected chi connectivity index (χ2v) is 6.82. The van der Waals surface area contributed by atoms with Crippen molar-refractivity contribution in [3.8, 4) is 0 Å². The Bertz CT molecular complexity index is 1080. The Morgan fingerprint density at radius 2 is 1.07 bits per heavy atom. The van der Waals surface area contributed by atoms with Gasteiger partial charge in [0, 0.05) is 22.3 Å². The fourth-order valence-electron chi connectivity index (χ4n) is 3.44. The molecule has 0 radical (unpaired) electrons. The van der Waals surface area contributed by atoms with Crippen LogP contribution in [0.15, 0.2) is 83.5 Å². The van der Waals surface area contributed by atoms with E-state index in [1.54, 1.807) is 60.7 Å². The lowest BCUT2D eigenvalue weighted by atomic mass is 10.1. The minimum Gasteiger partial charge on any atom is -0.288 e. The second kappa shape index (κ2) is 6.82. The van der Waals surface area contributed by atoms with E-state index in [1.165, 1.54) is 6.08 Å². The number of rotatable bonds is 3. The van der Waals surface area contributed by atoms with Crippen LogP contribution in [0.3, 0.4) is 0 Å². The first-order valence-corrected chi connectivity index (χ1v) is 8.93. The number of ketones is 4. The van der Waals surface area contributed by atoms with Crippen LogP contribution in [0.2, 0.25) is 0 Å². The van der Waals surface area contributed by atoms with Crippen LogP contribution in [0.4, 0.5) is 0 Å². The third-order valence-electron chi connectivity index (χ3n) is 4.97. The third kappa shape index (κ3) is 2.79. The van der Waals surface area contributed by atoms with Crippen LogP contribution in [0.5, 0.6) is 0 Å². The Hall–Kier alpha value is -3.66. The molecule has 4 heteroatoms. The molecule has 2 aliphatic carbocycles. The van der Waals surface area contributed by atoms with Gasteiger partial charge in [-0.1, -0.05) is 66.3 Å². The van der Waals surface area contributed by atoms with Gasteiger partial charge in [0.1, 0.15) is 0 Å². The number of hydrogen-bond donors (Lipinski definition) is 0. The van der Waals surface area contributed by atoms with Gasteiger partial charge < -0.3 is 0 Å². The van der Waals surface area contributed by atoms with Gasteiger partial charge in [0.2, 0.25) is 0 Å². The molecule has 2 aliphatic rings. The first-order chi connectivity index (χ1) is 13.5. The Balaban J connectivity index is 1.54. The predicted molar refractivity (Wildman–Crippen MR) is 105 cm³/mol. The van der Waals surface area contributed by atoms with Gasteiger partial charge in [-0.25, -0.2) is 0 Å². The van der Waals surface area contributed by atoms with Gasteiger partial charge >= 0.3 is 0 Å². The summed E-state index contributed by atoms with van der Waals surface area (Å²) in [6.07, 6.45) is 5.19. The van der Waals surface area contributed by atoms with Crippen molar-refractivity contribution in [1.29, 1.82) is 0 Å². The van der Waals surface area contributed by atoms with Crippen LogP contribution in [-0.2, 0) is 0 Å². The number of carbonyl (C=O) groups is 4. The molecule has 0 spiro atoms. The van der Waals surface area contributed by atoms with Crippen molar-refractivity contribution in [3.63, 3.8) is 0 Å². The molecule has 2 aromatic rings. The molecule has 0 N–H and O–H groups in total. The quantitative estimate of drug-likeness (QED) is 0.597. The van der Waals surface area contributed by atoms with Crippen molar-refractivity contribution in [2.45, 2.75) is 13.3 Å². The van der Waals surface area contributed by atoms with E-state index < -0.39 is 0 Å². The summed E-state index contributed by atoms with van der Waals surface area (Å²) in [6, 6.07) is 13.5. The van der Waals surface area contributed by atoms with E-state index in [2.05, 4.69) is 0 Å². The average Bonchev–Trinajstić information content (AvgIpc) is 3.10. The Morgan fingerprint density at radius 1 is 0.679 bits per heavy atom. The maximum Gasteiger partial charge on any atom is 0.197 e. The average molecular weight is 368 g/mol. The molecule has 0 bridgehead atoms. The van der Waals surface area contributed by atoms with Gasteiger partial charge in [-0.2, -0.15) is 0 Å². The van der Waals surface area contributed by atoms with Crippen molar-refractivity contribution >= 4 is 23.1 Å². The smallest absolute Gasteiger partial charge is 0.197 e. The summed E-state index contributed by atoms with van der Waals surface area (Å²) in [5.41, 5.74) is 2.84. The van der Waals surface area contributed by atoms with Crippen LogP contribution >= 0.6 is 0 Å². The summed E-state index contributed by atoms with van der Waals surface area (Å²) in [7, 11) is 0. The van der Waals surface area contributed by atoms with E-state index in [1.807, 2.05) is 6.92 Å².